The van der Waals surface area contributed by atoms with Crippen LogP contribution in [0.1, 0.15) is 36.8 Å². The number of amides is 1. The second-order valence-corrected chi connectivity index (χ2v) is 5.03. The van der Waals surface area contributed by atoms with Gasteiger partial charge in [-0.05, 0) is 50.8 Å². The number of benzene rings is 1. The van der Waals surface area contributed by atoms with E-state index in [-0.39, 0.29) is 5.91 Å². The first-order valence-electron chi connectivity index (χ1n) is 6.82. The summed E-state index contributed by atoms with van der Waals surface area (Å²) >= 11 is 0. The summed E-state index contributed by atoms with van der Waals surface area (Å²) in [6, 6.07) is 6.38. The number of fused-ring (bicyclic) bond motifs is 1. The molecule has 0 saturated heterocycles. The van der Waals surface area contributed by atoms with Gasteiger partial charge in [0.1, 0.15) is 0 Å². The lowest BCUT2D eigenvalue weighted by atomic mass is 9.99. The van der Waals surface area contributed by atoms with Crippen LogP contribution in [0.2, 0.25) is 0 Å². The summed E-state index contributed by atoms with van der Waals surface area (Å²) in [5.74, 6) is 0.244. The quantitative estimate of drug-likeness (QED) is 0.829. The molecule has 2 N–H and O–H groups in total. The predicted octanol–water partition coefficient (Wildman–Crippen LogP) is 2.40. The molecule has 0 aromatic heterocycles. The smallest absolute Gasteiger partial charge is 0.226 e. The molecule has 0 fully saturated rings. The van der Waals surface area contributed by atoms with Crippen LogP contribution in [-0.4, -0.2) is 19.0 Å². The summed E-state index contributed by atoms with van der Waals surface area (Å²) in [5.41, 5.74) is 9.16. The van der Waals surface area contributed by atoms with E-state index >= 15 is 0 Å². The van der Waals surface area contributed by atoms with Gasteiger partial charge in [0.05, 0.1) is 0 Å². The van der Waals surface area contributed by atoms with Gasteiger partial charge in [-0.3, -0.25) is 4.79 Å². The van der Waals surface area contributed by atoms with Gasteiger partial charge in [-0.25, -0.2) is 0 Å². The lowest BCUT2D eigenvalue weighted by Gasteiger charge is -2.30. The minimum atomic E-state index is 0.244. The Morgan fingerprint density at radius 3 is 3.00 bits per heavy atom. The molecule has 0 spiro atoms. The average Bonchev–Trinajstić information content (AvgIpc) is 2.37. The van der Waals surface area contributed by atoms with E-state index < -0.39 is 0 Å². The van der Waals surface area contributed by atoms with Crippen molar-refractivity contribution in [1.29, 1.82) is 0 Å². The standard InChI is InChI=1S/C15H22N2O/c1-12-7-8-14-13(11-12)5-4-10-17(14)15(18)6-2-3-9-16/h7-8,11H,2-6,9-10,16H2,1H3. The van der Waals surface area contributed by atoms with Crippen molar-refractivity contribution < 1.29 is 4.79 Å². The zero-order valence-electron chi connectivity index (χ0n) is 11.1. The van der Waals surface area contributed by atoms with E-state index in [0.717, 1.165) is 37.9 Å². The third-order valence-corrected chi connectivity index (χ3v) is 3.50. The van der Waals surface area contributed by atoms with Crippen LogP contribution in [0.4, 0.5) is 5.69 Å². The number of anilines is 1. The molecule has 0 radical (unpaired) electrons. The summed E-state index contributed by atoms with van der Waals surface area (Å²) in [5, 5.41) is 0. The molecule has 1 amide bonds. The van der Waals surface area contributed by atoms with Crippen molar-refractivity contribution in [3.63, 3.8) is 0 Å². The molecule has 3 nitrogen and oxygen atoms in total. The Labute approximate surface area is 109 Å². The van der Waals surface area contributed by atoms with Gasteiger partial charge in [0.2, 0.25) is 5.91 Å². The van der Waals surface area contributed by atoms with Crippen LogP contribution < -0.4 is 10.6 Å². The number of unbranched alkanes of at least 4 members (excludes halogenated alkanes) is 1. The number of nitrogens with two attached hydrogens (primary N) is 1. The maximum absolute atomic E-state index is 12.2. The molecule has 1 aromatic carbocycles. The molecule has 0 bridgehead atoms. The fourth-order valence-corrected chi connectivity index (χ4v) is 2.54. The molecule has 1 aliphatic heterocycles. The first-order valence-corrected chi connectivity index (χ1v) is 6.82. The van der Waals surface area contributed by atoms with Crippen LogP contribution in [0.5, 0.6) is 0 Å². The van der Waals surface area contributed by atoms with Crippen molar-refractivity contribution in [2.24, 2.45) is 5.73 Å². The maximum Gasteiger partial charge on any atom is 0.226 e. The summed E-state index contributed by atoms with van der Waals surface area (Å²) < 4.78 is 0. The molecule has 0 aliphatic carbocycles. The van der Waals surface area contributed by atoms with Gasteiger partial charge in [0, 0.05) is 18.7 Å². The highest BCUT2D eigenvalue weighted by Gasteiger charge is 2.21. The zero-order chi connectivity index (χ0) is 13.0. The number of carbonyl (C=O) groups excluding carboxylic acids is 1. The van der Waals surface area contributed by atoms with Crippen LogP contribution in [-0.2, 0) is 11.2 Å². The van der Waals surface area contributed by atoms with Gasteiger partial charge in [-0.1, -0.05) is 17.7 Å². The minimum absolute atomic E-state index is 0.244. The van der Waals surface area contributed by atoms with Crippen LogP contribution in [0, 0.1) is 6.92 Å². The highest BCUT2D eigenvalue weighted by atomic mass is 16.2. The molecule has 1 aliphatic rings. The van der Waals surface area contributed by atoms with Crippen LogP contribution >= 0.6 is 0 Å². The predicted molar refractivity (Wildman–Crippen MR) is 74.8 cm³/mol. The topological polar surface area (TPSA) is 46.3 Å². The Bertz CT molecular complexity index is 429. The monoisotopic (exact) mass is 246 g/mol. The van der Waals surface area contributed by atoms with E-state index in [0.29, 0.717) is 13.0 Å². The molecule has 1 aromatic rings. The number of hydrogen-bond acceptors (Lipinski definition) is 2. The number of hydrogen-bond donors (Lipinski definition) is 1. The third-order valence-electron chi connectivity index (χ3n) is 3.50. The Balaban J connectivity index is 2.09. The van der Waals surface area contributed by atoms with Gasteiger partial charge in [-0.15, -0.1) is 0 Å². The van der Waals surface area contributed by atoms with Crippen molar-refractivity contribution in [1.82, 2.24) is 0 Å². The van der Waals surface area contributed by atoms with E-state index in [1.165, 1.54) is 11.1 Å². The molecular weight excluding hydrogens is 224 g/mol. The van der Waals surface area contributed by atoms with Crippen molar-refractivity contribution >= 4 is 11.6 Å². The highest BCUT2D eigenvalue weighted by molar-refractivity contribution is 5.94. The summed E-state index contributed by atoms with van der Waals surface area (Å²) in [4.78, 5) is 14.2. The molecule has 0 saturated carbocycles. The Hall–Kier alpha value is -1.35. The van der Waals surface area contributed by atoms with Crippen LogP contribution in [0.3, 0.4) is 0 Å². The van der Waals surface area contributed by atoms with Crippen molar-refractivity contribution in [2.75, 3.05) is 18.0 Å². The van der Waals surface area contributed by atoms with Crippen LogP contribution in [0.25, 0.3) is 0 Å². The van der Waals surface area contributed by atoms with E-state index in [1.807, 2.05) is 4.90 Å². The lowest BCUT2D eigenvalue weighted by Crippen LogP contribution is -2.35. The summed E-state index contributed by atoms with van der Waals surface area (Å²) in [6.45, 7) is 3.63. The van der Waals surface area contributed by atoms with Gasteiger partial charge in [0.25, 0.3) is 0 Å². The van der Waals surface area contributed by atoms with E-state index in [2.05, 4.69) is 25.1 Å². The fraction of sp³-hybridized carbons (Fsp3) is 0.533. The fourth-order valence-electron chi connectivity index (χ4n) is 2.54. The average molecular weight is 246 g/mol. The maximum atomic E-state index is 12.2. The second-order valence-electron chi connectivity index (χ2n) is 5.03. The summed E-state index contributed by atoms with van der Waals surface area (Å²) in [7, 11) is 0. The number of nitrogens with zero attached hydrogens (tertiary/aromatic N) is 1. The normalized spacial score (nSPS) is 14.4. The first kappa shape index (κ1) is 13.1. The minimum Gasteiger partial charge on any atom is -0.330 e. The highest BCUT2D eigenvalue weighted by Crippen LogP contribution is 2.28. The Morgan fingerprint density at radius 2 is 2.22 bits per heavy atom. The van der Waals surface area contributed by atoms with E-state index in [9.17, 15) is 4.79 Å². The Morgan fingerprint density at radius 1 is 1.39 bits per heavy atom. The molecule has 0 unspecified atom stereocenters. The Kier molecular flexibility index (Phi) is 4.37. The number of carbonyl (C=O) groups is 1. The van der Waals surface area contributed by atoms with Gasteiger partial charge < -0.3 is 10.6 Å². The molecular formula is C15H22N2O. The summed E-state index contributed by atoms with van der Waals surface area (Å²) in [6.07, 6.45) is 4.60. The van der Waals surface area contributed by atoms with E-state index in [4.69, 9.17) is 5.73 Å². The molecule has 1 heterocycles. The third kappa shape index (κ3) is 2.91. The van der Waals surface area contributed by atoms with Gasteiger partial charge >= 0.3 is 0 Å². The molecule has 98 valence electrons. The SMILES string of the molecule is Cc1ccc2c(c1)CCCN2C(=O)CCCCN. The number of aryl methyl sites for hydroxylation is 2. The van der Waals surface area contributed by atoms with Crippen molar-refractivity contribution in [2.45, 2.75) is 39.0 Å². The number of rotatable bonds is 4. The first-order chi connectivity index (χ1) is 8.72. The van der Waals surface area contributed by atoms with Crippen LogP contribution in [0.15, 0.2) is 18.2 Å². The molecule has 2 rings (SSSR count). The zero-order valence-corrected chi connectivity index (χ0v) is 11.1. The van der Waals surface area contributed by atoms with E-state index in [1.54, 1.807) is 0 Å². The van der Waals surface area contributed by atoms with Gasteiger partial charge in [-0.2, -0.15) is 0 Å². The van der Waals surface area contributed by atoms with Crippen molar-refractivity contribution in [3.8, 4) is 0 Å². The molecule has 0 atom stereocenters. The lowest BCUT2D eigenvalue weighted by molar-refractivity contribution is -0.118. The molecule has 18 heavy (non-hydrogen) atoms. The second kappa shape index (κ2) is 6.01. The van der Waals surface area contributed by atoms with Gasteiger partial charge in [0.15, 0.2) is 0 Å². The molecule has 3 heteroatoms. The van der Waals surface area contributed by atoms with Crippen molar-refractivity contribution in [3.05, 3.63) is 29.3 Å². The largest absolute Gasteiger partial charge is 0.330 e.